The maximum atomic E-state index is 12.3. The third-order valence-electron chi connectivity index (χ3n) is 4.15. The highest BCUT2D eigenvalue weighted by molar-refractivity contribution is 9.10. The fourth-order valence-corrected chi connectivity index (χ4v) is 3.69. The molecule has 0 aliphatic carbocycles. The van der Waals surface area contributed by atoms with Gasteiger partial charge in [0.2, 0.25) is 0 Å². The first-order valence-electron chi connectivity index (χ1n) is 8.22. The summed E-state index contributed by atoms with van der Waals surface area (Å²) in [5.74, 6) is 1.38. The van der Waals surface area contributed by atoms with E-state index in [1.165, 1.54) is 11.8 Å². The van der Waals surface area contributed by atoms with Crippen molar-refractivity contribution in [3.05, 3.63) is 46.1 Å². The molecule has 1 aromatic carbocycles. The lowest BCUT2D eigenvalue weighted by molar-refractivity contribution is 0.102. The molecule has 0 atom stereocenters. The van der Waals surface area contributed by atoms with Crippen LogP contribution in [0, 0.1) is 6.92 Å². The fraction of sp³-hybridized carbons (Fsp3) is 0.389. The van der Waals surface area contributed by atoms with Gasteiger partial charge in [-0.1, -0.05) is 39.8 Å². The number of hydrogen-bond acceptors (Lipinski definition) is 6. The number of hydrogen-bond donors (Lipinski definition) is 0. The Balaban J connectivity index is 1.66. The minimum absolute atomic E-state index is 0.0868. The molecule has 1 aliphatic rings. The molecule has 0 N–H and O–H groups in total. The molecule has 2 heterocycles. The summed E-state index contributed by atoms with van der Waals surface area (Å²) in [7, 11) is 2.14. The molecule has 2 aromatic rings. The third kappa shape index (κ3) is 5.03. The minimum atomic E-state index is 0.0868. The van der Waals surface area contributed by atoms with Crippen molar-refractivity contribution in [3.8, 4) is 0 Å². The van der Waals surface area contributed by atoms with Gasteiger partial charge >= 0.3 is 0 Å². The number of ketones is 1. The highest BCUT2D eigenvalue weighted by atomic mass is 79.9. The Hall–Kier alpha value is -1.44. The van der Waals surface area contributed by atoms with Gasteiger partial charge in [-0.2, -0.15) is 0 Å². The molecular weight excluding hydrogens is 400 g/mol. The van der Waals surface area contributed by atoms with E-state index in [2.05, 4.69) is 42.7 Å². The first-order chi connectivity index (χ1) is 12.0. The van der Waals surface area contributed by atoms with Crippen LogP contribution in [0.15, 0.2) is 40.0 Å². The fourth-order valence-electron chi connectivity index (χ4n) is 2.64. The predicted molar refractivity (Wildman–Crippen MR) is 106 cm³/mol. The molecule has 0 unspecified atom stereocenters. The molecule has 0 radical (unpaired) electrons. The number of rotatable bonds is 5. The van der Waals surface area contributed by atoms with Crippen LogP contribution in [0.25, 0.3) is 0 Å². The lowest BCUT2D eigenvalue weighted by Gasteiger charge is -2.33. The van der Waals surface area contributed by atoms with Crippen molar-refractivity contribution in [1.82, 2.24) is 14.9 Å². The number of nitrogens with zero attached hydrogens (tertiary/aromatic N) is 4. The van der Waals surface area contributed by atoms with Crippen molar-refractivity contribution in [2.24, 2.45) is 0 Å². The van der Waals surface area contributed by atoms with Crippen LogP contribution in [0.4, 0.5) is 5.82 Å². The third-order valence-corrected chi connectivity index (χ3v) is 5.52. The lowest BCUT2D eigenvalue weighted by atomic mass is 10.2. The molecule has 0 saturated carbocycles. The highest BCUT2D eigenvalue weighted by Crippen LogP contribution is 2.21. The van der Waals surface area contributed by atoms with E-state index in [0.29, 0.717) is 16.5 Å². The summed E-state index contributed by atoms with van der Waals surface area (Å²) in [6.07, 6.45) is 0. The maximum Gasteiger partial charge on any atom is 0.190 e. The van der Waals surface area contributed by atoms with Crippen LogP contribution in [0.2, 0.25) is 0 Å². The van der Waals surface area contributed by atoms with Crippen LogP contribution in [-0.2, 0) is 0 Å². The number of thioether (sulfide) groups is 1. The monoisotopic (exact) mass is 420 g/mol. The maximum absolute atomic E-state index is 12.3. The van der Waals surface area contributed by atoms with E-state index in [0.717, 1.165) is 42.2 Å². The average Bonchev–Trinajstić information content (AvgIpc) is 2.60. The molecule has 3 rings (SSSR count). The number of aromatic nitrogens is 2. The number of benzene rings is 1. The van der Waals surface area contributed by atoms with Crippen LogP contribution in [0.3, 0.4) is 0 Å². The molecule has 1 aliphatic heterocycles. The van der Waals surface area contributed by atoms with Crippen molar-refractivity contribution in [2.45, 2.75) is 12.1 Å². The molecule has 0 bridgehead atoms. The zero-order valence-corrected chi connectivity index (χ0v) is 16.8. The number of Topliss-reactive ketones (excluding diaryl/α,β-unsaturated/α-hetero) is 1. The standard InChI is InChI=1S/C18H21BrN4OS/c1-13-11-17(23-9-7-22(2)8-10-23)21-18(20-13)25-12-16(24)14-3-5-15(19)6-4-14/h3-6,11H,7-10,12H2,1-2H3. The van der Waals surface area contributed by atoms with Crippen LogP contribution >= 0.6 is 27.7 Å². The van der Waals surface area contributed by atoms with Crippen molar-refractivity contribution in [2.75, 3.05) is 43.9 Å². The van der Waals surface area contributed by atoms with E-state index in [1.54, 1.807) is 0 Å². The van der Waals surface area contributed by atoms with Gasteiger partial charge in [-0.15, -0.1) is 0 Å². The average molecular weight is 421 g/mol. The summed E-state index contributed by atoms with van der Waals surface area (Å²) in [6.45, 7) is 5.98. The molecule has 132 valence electrons. The lowest BCUT2D eigenvalue weighted by Crippen LogP contribution is -2.44. The Morgan fingerprint density at radius 3 is 2.52 bits per heavy atom. The molecule has 1 saturated heterocycles. The van der Waals surface area contributed by atoms with E-state index in [4.69, 9.17) is 0 Å². The molecule has 0 spiro atoms. The quantitative estimate of drug-likeness (QED) is 0.420. The smallest absolute Gasteiger partial charge is 0.190 e. The zero-order chi connectivity index (χ0) is 17.8. The van der Waals surface area contributed by atoms with Gasteiger partial charge in [-0.25, -0.2) is 9.97 Å². The second-order valence-electron chi connectivity index (χ2n) is 6.16. The van der Waals surface area contributed by atoms with Crippen molar-refractivity contribution >= 4 is 39.3 Å². The number of aryl methyl sites for hydroxylation is 1. The number of carbonyl (C=O) groups excluding carboxylic acids is 1. The summed E-state index contributed by atoms with van der Waals surface area (Å²) >= 11 is 4.78. The minimum Gasteiger partial charge on any atom is -0.354 e. The largest absolute Gasteiger partial charge is 0.354 e. The molecule has 1 aromatic heterocycles. The summed E-state index contributed by atoms with van der Waals surface area (Å²) in [4.78, 5) is 26.1. The summed E-state index contributed by atoms with van der Waals surface area (Å²) < 4.78 is 0.968. The van der Waals surface area contributed by atoms with E-state index in [1.807, 2.05) is 37.3 Å². The Labute approximate surface area is 161 Å². The van der Waals surface area contributed by atoms with Gasteiger partial charge in [-0.3, -0.25) is 4.79 Å². The van der Waals surface area contributed by atoms with Gasteiger partial charge in [0.15, 0.2) is 10.9 Å². The van der Waals surface area contributed by atoms with Crippen molar-refractivity contribution in [1.29, 1.82) is 0 Å². The van der Waals surface area contributed by atoms with E-state index >= 15 is 0 Å². The predicted octanol–water partition coefficient (Wildman–Crippen LogP) is 3.27. The number of halogens is 1. The number of likely N-dealkylation sites (N-methyl/N-ethyl adjacent to an activating group) is 1. The van der Waals surface area contributed by atoms with E-state index in [9.17, 15) is 4.79 Å². The van der Waals surface area contributed by atoms with Gasteiger partial charge in [0.25, 0.3) is 0 Å². The number of piperazine rings is 1. The van der Waals surface area contributed by atoms with Gasteiger partial charge in [-0.05, 0) is 26.1 Å². The summed E-state index contributed by atoms with van der Waals surface area (Å²) in [5, 5.41) is 0.666. The van der Waals surface area contributed by atoms with E-state index in [-0.39, 0.29) is 5.78 Å². The van der Waals surface area contributed by atoms with Crippen molar-refractivity contribution < 1.29 is 4.79 Å². The number of anilines is 1. The molecule has 1 fully saturated rings. The van der Waals surface area contributed by atoms with Crippen LogP contribution in [0.1, 0.15) is 16.1 Å². The molecular formula is C18H21BrN4OS. The van der Waals surface area contributed by atoms with Gasteiger partial charge < -0.3 is 9.80 Å². The molecule has 5 nitrogen and oxygen atoms in total. The Morgan fingerprint density at radius 2 is 1.84 bits per heavy atom. The highest BCUT2D eigenvalue weighted by Gasteiger charge is 2.17. The van der Waals surface area contributed by atoms with Crippen molar-refractivity contribution in [3.63, 3.8) is 0 Å². The molecule has 25 heavy (non-hydrogen) atoms. The van der Waals surface area contributed by atoms with Gasteiger partial charge in [0.1, 0.15) is 5.82 Å². The SMILES string of the molecule is Cc1cc(N2CCN(C)CC2)nc(SCC(=O)c2ccc(Br)cc2)n1. The Kier molecular flexibility index (Phi) is 6.09. The Morgan fingerprint density at radius 1 is 1.16 bits per heavy atom. The molecule has 7 heteroatoms. The van der Waals surface area contributed by atoms with Crippen LogP contribution in [-0.4, -0.2) is 59.6 Å². The topological polar surface area (TPSA) is 49.3 Å². The van der Waals surface area contributed by atoms with Crippen LogP contribution in [0.5, 0.6) is 0 Å². The second kappa shape index (κ2) is 8.29. The van der Waals surface area contributed by atoms with Gasteiger partial charge in [0, 0.05) is 48.0 Å². The van der Waals surface area contributed by atoms with Gasteiger partial charge in [0.05, 0.1) is 5.75 Å². The van der Waals surface area contributed by atoms with E-state index < -0.39 is 0 Å². The first kappa shape index (κ1) is 18.4. The number of carbonyl (C=O) groups is 1. The molecule has 0 amide bonds. The summed E-state index contributed by atoms with van der Waals surface area (Å²) in [6, 6.07) is 9.45. The van der Waals surface area contributed by atoms with Crippen LogP contribution < -0.4 is 4.90 Å². The second-order valence-corrected chi connectivity index (χ2v) is 8.02. The first-order valence-corrected chi connectivity index (χ1v) is 10.00. The zero-order valence-electron chi connectivity index (χ0n) is 14.4. The normalized spacial score (nSPS) is 15.4. The summed E-state index contributed by atoms with van der Waals surface area (Å²) in [5.41, 5.74) is 1.64. The Bertz CT molecular complexity index is 745.